The minimum atomic E-state index is -0.266. The zero-order valence-corrected chi connectivity index (χ0v) is 10.3. The van der Waals surface area contributed by atoms with E-state index >= 15 is 0 Å². The fraction of sp³-hybridized carbons (Fsp3) is 0.571. The number of hydrogen-bond donors (Lipinski definition) is 0. The molecule has 0 radical (unpaired) electrons. The molecule has 0 aromatic heterocycles. The minimum absolute atomic E-state index is 0.0955. The Morgan fingerprint density at radius 2 is 1.94 bits per heavy atom. The van der Waals surface area contributed by atoms with E-state index in [2.05, 4.69) is 19.1 Å². The van der Waals surface area contributed by atoms with Crippen LogP contribution in [0.4, 0.5) is 0 Å². The molecule has 1 aromatic carbocycles. The summed E-state index contributed by atoms with van der Waals surface area (Å²) in [5, 5.41) is 0. The highest BCUT2D eigenvalue weighted by atomic mass is 16.7. The minimum Gasteiger partial charge on any atom is -0.366 e. The fourth-order valence-corrected chi connectivity index (χ4v) is 1.88. The topological polar surface area (TPSA) is 27.7 Å². The van der Waals surface area contributed by atoms with Gasteiger partial charge in [-0.1, -0.05) is 43.7 Å². The summed E-state index contributed by atoms with van der Waals surface area (Å²) in [7, 11) is 0. The van der Waals surface area contributed by atoms with E-state index in [0.717, 1.165) is 25.0 Å². The molecular formula is C14H20O3. The largest absolute Gasteiger partial charge is 0.366 e. The zero-order chi connectivity index (χ0) is 11.9. The molecule has 2 rings (SSSR count). The van der Waals surface area contributed by atoms with Crippen molar-refractivity contribution in [2.45, 2.75) is 32.2 Å². The Bertz CT molecular complexity index is 313. The quantitative estimate of drug-likeness (QED) is 0.736. The maximum absolute atomic E-state index is 5.76. The first kappa shape index (κ1) is 12.6. The second-order valence-corrected chi connectivity index (χ2v) is 4.17. The van der Waals surface area contributed by atoms with E-state index in [1.54, 1.807) is 0 Å². The molecule has 3 nitrogen and oxygen atoms in total. The highest BCUT2D eigenvalue weighted by Gasteiger charge is 2.28. The van der Waals surface area contributed by atoms with Crippen molar-refractivity contribution in [3.8, 4) is 0 Å². The van der Waals surface area contributed by atoms with Crippen LogP contribution in [0.2, 0.25) is 0 Å². The molecule has 1 heterocycles. The molecule has 0 N–H and O–H groups in total. The molecule has 3 heteroatoms. The van der Waals surface area contributed by atoms with Crippen LogP contribution in [0.1, 0.15) is 31.4 Å². The summed E-state index contributed by atoms with van der Waals surface area (Å²) in [5.41, 5.74) is 1.12. The predicted molar refractivity (Wildman–Crippen MR) is 65.7 cm³/mol. The van der Waals surface area contributed by atoms with Crippen molar-refractivity contribution in [1.82, 2.24) is 0 Å². The van der Waals surface area contributed by atoms with Gasteiger partial charge >= 0.3 is 0 Å². The van der Waals surface area contributed by atoms with Gasteiger partial charge in [0.25, 0.3) is 0 Å². The van der Waals surface area contributed by atoms with Gasteiger partial charge in [-0.25, -0.2) is 0 Å². The van der Waals surface area contributed by atoms with Crippen LogP contribution < -0.4 is 0 Å². The molecule has 1 fully saturated rings. The molecule has 0 bridgehead atoms. The number of rotatable bonds is 5. The normalized spacial score (nSPS) is 24.8. The monoisotopic (exact) mass is 236 g/mol. The Balaban J connectivity index is 1.97. The first-order chi connectivity index (χ1) is 8.42. The Morgan fingerprint density at radius 3 is 2.71 bits per heavy atom. The van der Waals surface area contributed by atoms with E-state index in [4.69, 9.17) is 14.2 Å². The van der Waals surface area contributed by atoms with E-state index in [1.165, 1.54) is 0 Å². The molecule has 1 aliphatic heterocycles. The van der Waals surface area contributed by atoms with Crippen LogP contribution >= 0.6 is 0 Å². The fourth-order valence-electron chi connectivity index (χ4n) is 1.88. The molecular weight excluding hydrogens is 216 g/mol. The van der Waals surface area contributed by atoms with E-state index in [9.17, 15) is 0 Å². The number of ether oxygens (including phenoxy) is 3. The Morgan fingerprint density at radius 1 is 1.18 bits per heavy atom. The van der Waals surface area contributed by atoms with Crippen molar-refractivity contribution in [3.05, 3.63) is 35.9 Å². The van der Waals surface area contributed by atoms with Gasteiger partial charge in [0, 0.05) is 6.61 Å². The van der Waals surface area contributed by atoms with Gasteiger partial charge < -0.3 is 14.2 Å². The molecule has 2 atom stereocenters. The molecule has 94 valence electrons. The van der Waals surface area contributed by atoms with Crippen molar-refractivity contribution in [1.29, 1.82) is 0 Å². The van der Waals surface area contributed by atoms with E-state index in [1.807, 2.05) is 18.2 Å². The molecule has 0 amide bonds. The predicted octanol–water partition coefficient (Wildman–Crippen LogP) is 2.92. The molecule has 0 saturated carbocycles. The highest BCUT2D eigenvalue weighted by molar-refractivity contribution is 5.18. The van der Waals surface area contributed by atoms with Crippen LogP contribution in [0.25, 0.3) is 0 Å². The molecule has 1 saturated heterocycles. The zero-order valence-electron chi connectivity index (χ0n) is 10.3. The average molecular weight is 236 g/mol. The van der Waals surface area contributed by atoms with Crippen LogP contribution in [0.5, 0.6) is 0 Å². The molecule has 1 aromatic rings. The summed E-state index contributed by atoms with van der Waals surface area (Å²) in [6.07, 6.45) is 1.82. The molecule has 17 heavy (non-hydrogen) atoms. The van der Waals surface area contributed by atoms with E-state index in [0.29, 0.717) is 13.2 Å². The van der Waals surface area contributed by atoms with Gasteiger partial charge in [0.2, 0.25) is 0 Å². The van der Waals surface area contributed by atoms with Crippen molar-refractivity contribution < 1.29 is 14.2 Å². The van der Waals surface area contributed by atoms with Gasteiger partial charge in [0.15, 0.2) is 6.29 Å². The van der Waals surface area contributed by atoms with Gasteiger partial charge in [-0.3, -0.25) is 0 Å². The lowest BCUT2D eigenvalue weighted by molar-refractivity contribution is -0.251. The first-order valence-electron chi connectivity index (χ1n) is 6.31. The van der Waals surface area contributed by atoms with Crippen molar-refractivity contribution in [2.24, 2.45) is 0 Å². The Labute approximate surface area is 103 Å². The second-order valence-electron chi connectivity index (χ2n) is 4.17. The van der Waals surface area contributed by atoms with Crippen molar-refractivity contribution in [2.75, 3.05) is 19.8 Å². The van der Waals surface area contributed by atoms with Gasteiger partial charge in [0.05, 0.1) is 13.2 Å². The van der Waals surface area contributed by atoms with Crippen molar-refractivity contribution >= 4 is 0 Å². The van der Waals surface area contributed by atoms with Crippen LogP contribution in [-0.2, 0) is 14.2 Å². The third-order valence-corrected chi connectivity index (χ3v) is 2.82. The van der Waals surface area contributed by atoms with E-state index in [-0.39, 0.29) is 12.4 Å². The number of unbranched alkanes of at least 4 members (excludes halogenated alkanes) is 1. The lowest BCUT2D eigenvalue weighted by atomic mass is 10.1. The Hall–Kier alpha value is -0.900. The Kier molecular flexibility index (Phi) is 4.98. The van der Waals surface area contributed by atoms with Crippen LogP contribution in [-0.4, -0.2) is 26.1 Å². The van der Waals surface area contributed by atoms with Gasteiger partial charge in [-0.15, -0.1) is 0 Å². The summed E-state index contributed by atoms with van der Waals surface area (Å²) in [6.45, 7) is 4.12. The summed E-state index contributed by atoms with van der Waals surface area (Å²) in [6, 6.07) is 10.1. The lowest BCUT2D eigenvalue weighted by Crippen LogP contribution is -2.34. The number of hydrogen-bond acceptors (Lipinski definition) is 3. The van der Waals surface area contributed by atoms with Crippen LogP contribution in [0, 0.1) is 0 Å². The maximum atomic E-state index is 5.76. The highest BCUT2D eigenvalue weighted by Crippen LogP contribution is 2.27. The van der Waals surface area contributed by atoms with Crippen LogP contribution in [0.15, 0.2) is 30.3 Å². The smallest absolute Gasteiger partial charge is 0.188 e. The number of benzene rings is 1. The summed E-state index contributed by atoms with van der Waals surface area (Å²) >= 11 is 0. The molecule has 1 aliphatic rings. The maximum Gasteiger partial charge on any atom is 0.188 e. The summed E-state index contributed by atoms with van der Waals surface area (Å²) in [4.78, 5) is 0. The third-order valence-electron chi connectivity index (χ3n) is 2.82. The van der Waals surface area contributed by atoms with Crippen LogP contribution in [0.3, 0.4) is 0 Å². The molecule has 2 unspecified atom stereocenters. The van der Waals surface area contributed by atoms with Gasteiger partial charge in [-0.2, -0.15) is 0 Å². The van der Waals surface area contributed by atoms with Gasteiger partial charge in [0.1, 0.15) is 6.10 Å². The third kappa shape index (κ3) is 3.53. The molecule has 0 aliphatic carbocycles. The van der Waals surface area contributed by atoms with Crippen molar-refractivity contribution in [3.63, 3.8) is 0 Å². The summed E-state index contributed by atoms with van der Waals surface area (Å²) in [5.74, 6) is 0. The average Bonchev–Trinajstić information content (AvgIpc) is 2.41. The van der Waals surface area contributed by atoms with Gasteiger partial charge in [-0.05, 0) is 12.0 Å². The molecule has 0 spiro atoms. The van der Waals surface area contributed by atoms with E-state index < -0.39 is 0 Å². The summed E-state index contributed by atoms with van der Waals surface area (Å²) < 4.78 is 17.1. The standard InChI is InChI=1S/C14H20O3/c1-2-3-9-16-14-13(15-10-11-17-14)12-7-5-4-6-8-12/h4-8,13-14H,2-3,9-11H2,1H3. The SMILES string of the molecule is CCCCOC1OCCOC1c1ccccc1. The first-order valence-corrected chi connectivity index (χ1v) is 6.31. The second kappa shape index (κ2) is 6.74. The lowest BCUT2D eigenvalue weighted by Gasteiger charge is -2.32.